The molecule has 1 aromatic heterocycles. The van der Waals surface area contributed by atoms with Crippen LogP contribution < -0.4 is 5.73 Å². The summed E-state index contributed by atoms with van der Waals surface area (Å²) in [4.78, 5) is 70.4. The van der Waals surface area contributed by atoms with E-state index in [4.69, 9.17) is 10.2 Å². The van der Waals surface area contributed by atoms with Crippen LogP contribution in [0, 0.1) is 23.7 Å². The zero-order valence-electron chi connectivity index (χ0n) is 23.0. The molecule has 41 heavy (non-hydrogen) atoms. The minimum absolute atomic E-state index is 0.00262. The molecule has 4 N–H and O–H groups in total. The highest BCUT2D eigenvalue weighted by Gasteiger charge is 2.69. The number of aliphatic hydroxyl groups is 1. The summed E-state index contributed by atoms with van der Waals surface area (Å²) in [5.74, 6) is -9.33. The lowest BCUT2D eigenvalue weighted by Crippen LogP contribution is -2.74. The first-order valence-electron chi connectivity index (χ1n) is 14.0. The number of phenolic OH excluding ortho intramolecular Hbond substituents is 1. The third-order valence-electron chi connectivity index (χ3n) is 9.45. The Morgan fingerprint density at radius 1 is 1.10 bits per heavy atom. The highest BCUT2D eigenvalue weighted by atomic mass is 16.3. The van der Waals surface area contributed by atoms with E-state index >= 15 is 0 Å². The number of hydrogen-bond acceptors (Lipinski definition) is 10. The Morgan fingerprint density at radius 2 is 1.80 bits per heavy atom. The van der Waals surface area contributed by atoms with E-state index in [1.165, 1.54) is 11.0 Å². The van der Waals surface area contributed by atoms with Gasteiger partial charge in [-0.25, -0.2) is 0 Å². The third-order valence-corrected chi connectivity index (χ3v) is 9.45. The molecule has 0 spiro atoms. The number of hydrogen-bond donors (Lipinski definition) is 3. The minimum atomic E-state index is -2.74. The van der Waals surface area contributed by atoms with Gasteiger partial charge < -0.3 is 20.4 Å². The highest BCUT2D eigenvalue weighted by Crippen LogP contribution is 2.51. The van der Waals surface area contributed by atoms with Crippen LogP contribution in [0.15, 0.2) is 28.7 Å². The lowest BCUT2D eigenvalue weighted by atomic mass is 9.52. The van der Waals surface area contributed by atoms with Gasteiger partial charge in [-0.3, -0.25) is 33.8 Å². The summed E-state index contributed by atoms with van der Waals surface area (Å²) in [6.07, 6.45) is 2.47. The molecule has 6 atom stereocenters. The molecular weight excluding hydrogens is 530 g/mol. The first-order chi connectivity index (χ1) is 19.4. The van der Waals surface area contributed by atoms with Gasteiger partial charge in [-0.2, -0.15) is 0 Å². The number of fused-ring (bicyclic) bond motifs is 3. The van der Waals surface area contributed by atoms with E-state index in [9.17, 15) is 34.2 Å². The standard InChI is InChI=1S/C30H33N3O8/c1-32(2)24-18-12-14-11-17-16(20-8-5-15(41-20)13-33-9-3-4-10-33)6-7-19(34)22(17)25(35)21(14)27(37)30(18,40)28(38)23(26(24)36)29(31)39/h5-8,14,18,21,23-24,34,40H,3-4,9-13H2,1-2H3,(H2,31,39)/t14-,18-,21?,23?,24+,30-/m0/s1. The number of furan rings is 1. The molecule has 2 saturated carbocycles. The summed E-state index contributed by atoms with van der Waals surface area (Å²) >= 11 is 0. The Morgan fingerprint density at radius 3 is 2.46 bits per heavy atom. The fourth-order valence-electron chi connectivity index (χ4n) is 7.60. The number of carbonyl (C=O) groups is 5. The van der Waals surface area contributed by atoms with Crippen molar-refractivity contribution in [2.24, 2.45) is 29.4 Å². The molecule has 11 nitrogen and oxygen atoms in total. The molecule has 3 fully saturated rings. The Bertz CT molecular complexity index is 1490. The number of rotatable bonds is 5. The fourth-order valence-corrected chi connectivity index (χ4v) is 7.60. The van der Waals surface area contributed by atoms with Crippen LogP contribution in [0.4, 0.5) is 0 Å². The average Bonchev–Trinajstić information content (AvgIpc) is 3.59. The number of benzene rings is 1. The molecule has 2 heterocycles. The van der Waals surface area contributed by atoms with Crippen molar-refractivity contribution in [3.63, 3.8) is 0 Å². The zero-order chi connectivity index (χ0) is 29.4. The molecule has 0 bridgehead atoms. The SMILES string of the molecule is CN(C)[C@H]1C(=O)C(C(N)=O)C(=O)[C@@]2(O)C(=O)C3C(=O)c4c(O)ccc(-c5ccc(CN6CCCC6)o5)c4C[C@H]3C[C@@H]12. The maximum absolute atomic E-state index is 13.9. The van der Waals surface area contributed by atoms with Crippen molar-refractivity contribution >= 4 is 29.0 Å². The Kier molecular flexibility index (Phi) is 6.51. The van der Waals surface area contributed by atoms with Gasteiger partial charge in [0.1, 0.15) is 17.3 Å². The second-order valence-corrected chi connectivity index (χ2v) is 12.0. The Balaban J connectivity index is 1.41. The zero-order valence-corrected chi connectivity index (χ0v) is 23.0. The molecule has 1 aromatic carbocycles. The van der Waals surface area contributed by atoms with E-state index < -0.39 is 64.4 Å². The number of amides is 1. The largest absolute Gasteiger partial charge is 0.507 e. The smallest absolute Gasteiger partial charge is 0.235 e. The van der Waals surface area contributed by atoms with Gasteiger partial charge in [0.25, 0.3) is 0 Å². The summed E-state index contributed by atoms with van der Waals surface area (Å²) in [5.41, 5.74) is 3.70. The monoisotopic (exact) mass is 563 g/mol. The highest BCUT2D eigenvalue weighted by molar-refractivity contribution is 6.32. The molecule has 216 valence electrons. The molecule has 1 saturated heterocycles. The Labute approximate surface area is 236 Å². The number of likely N-dealkylation sites (tertiary alicyclic amines) is 1. The Hall–Kier alpha value is -3.67. The van der Waals surface area contributed by atoms with Gasteiger partial charge in [-0.15, -0.1) is 0 Å². The molecule has 6 rings (SSSR count). The number of primary amides is 1. The number of Topliss-reactive ketones (excluding diaryl/α,β-unsaturated/α-hetero) is 4. The maximum Gasteiger partial charge on any atom is 0.235 e. The lowest BCUT2D eigenvalue weighted by Gasteiger charge is -2.52. The first-order valence-corrected chi connectivity index (χ1v) is 14.0. The summed E-state index contributed by atoms with van der Waals surface area (Å²) in [7, 11) is 3.11. The molecule has 4 aliphatic rings. The van der Waals surface area contributed by atoms with E-state index in [0.717, 1.165) is 31.7 Å². The number of nitrogens with zero attached hydrogens (tertiary/aromatic N) is 2. The number of carbonyl (C=O) groups excluding carboxylic acids is 5. The normalized spacial score (nSPS) is 31.8. The van der Waals surface area contributed by atoms with Gasteiger partial charge in [0.15, 0.2) is 34.7 Å². The molecule has 1 aliphatic heterocycles. The summed E-state index contributed by atoms with van der Waals surface area (Å²) in [6, 6.07) is 5.62. The number of nitrogens with two attached hydrogens (primary N) is 1. The molecule has 1 amide bonds. The van der Waals surface area contributed by atoms with E-state index in [-0.39, 0.29) is 24.2 Å². The van der Waals surface area contributed by atoms with Crippen LogP contribution in [0.1, 0.15) is 40.9 Å². The number of phenols is 1. The van der Waals surface area contributed by atoms with Crippen LogP contribution in [-0.4, -0.2) is 87.9 Å². The topological polar surface area (TPSA) is 171 Å². The minimum Gasteiger partial charge on any atom is -0.507 e. The molecular formula is C30H33N3O8. The molecule has 2 aromatic rings. The van der Waals surface area contributed by atoms with Gasteiger partial charge in [-0.05, 0) is 88.6 Å². The summed E-state index contributed by atoms with van der Waals surface area (Å²) in [5, 5.41) is 22.5. The predicted octanol–water partition coefficient (Wildman–Crippen LogP) is 0.723. The second kappa shape index (κ2) is 9.71. The van der Waals surface area contributed by atoms with Crippen LogP contribution in [-0.2, 0) is 32.1 Å². The quantitative estimate of drug-likeness (QED) is 0.440. The number of ketones is 4. The van der Waals surface area contributed by atoms with Crippen molar-refractivity contribution in [2.75, 3.05) is 27.2 Å². The van der Waals surface area contributed by atoms with Crippen LogP contribution in [0.25, 0.3) is 11.3 Å². The van der Waals surface area contributed by atoms with Crippen molar-refractivity contribution in [1.82, 2.24) is 9.80 Å². The van der Waals surface area contributed by atoms with Crippen molar-refractivity contribution in [3.05, 3.63) is 41.2 Å². The second-order valence-electron chi connectivity index (χ2n) is 12.0. The van der Waals surface area contributed by atoms with Gasteiger partial charge in [0.2, 0.25) is 5.91 Å². The van der Waals surface area contributed by atoms with Crippen molar-refractivity contribution < 1.29 is 38.6 Å². The van der Waals surface area contributed by atoms with E-state index in [1.54, 1.807) is 20.2 Å². The van der Waals surface area contributed by atoms with Crippen molar-refractivity contribution in [1.29, 1.82) is 0 Å². The van der Waals surface area contributed by atoms with Crippen LogP contribution >= 0.6 is 0 Å². The summed E-state index contributed by atoms with van der Waals surface area (Å²) in [6.45, 7) is 2.67. The van der Waals surface area contributed by atoms with Gasteiger partial charge in [0, 0.05) is 11.5 Å². The molecule has 3 aliphatic carbocycles. The van der Waals surface area contributed by atoms with Crippen LogP contribution in [0.3, 0.4) is 0 Å². The molecule has 2 unspecified atom stereocenters. The van der Waals surface area contributed by atoms with Gasteiger partial charge in [-0.1, -0.05) is 0 Å². The third kappa shape index (κ3) is 4.01. The fraction of sp³-hybridized carbons (Fsp3) is 0.500. The van der Waals surface area contributed by atoms with E-state index in [1.807, 2.05) is 12.1 Å². The average molecular weight is 564 g/mol. The lowest BCUT2D eigenvalue weighted by molar-refractivity contribution is -0.181. The van der Waals surface area contributed by atoms with Crippen LogP contribution in [0.5, 0.6) is 5.75 Å². The van der Waals surface area contributed by atoms with Crippen LogP contribution in [0.2, 0.25) is 0 Å². The summed E-state index contributed by atoms with van der Waals surface area (Å²) < 4.78 is 6.16. The number of aromatic hydroxyl groups is 1. The number of likely N-dealkylation sites (N-methyl/N-ethyl adjacent to an activating group) is 1. The molecule has 11 heteroatoms. The maximum atomic E-state index is 13.9. The van der Waals surface area contributed by atoms with Crippen molar-refractivity contribution in [3.8, 4) is 17.1 Å². The van der Waals surface area contributed by atoms with E-state index in [0.29, 0.717) is 23.4 Å². The van der Waals surface area contributed by atoms with Gasteiger partial charge in [0.05, 0.1) is 24.1 Å². The van der Waals surface area contributed by atoms with E-state index in [2.05, 4.69) is 4.90 Å². The molecule has 0 radical (unpaired) electrons. The van der Waals surface area contributed by atoms with Gasteiger partial charge >= 0.3 is 0 Å². The van der Waals surface area contributed by atoms with Crippen molar-refractivity contribution in [2.45, 2.75) is 43.9 Å². The predicted molar refractivity (Wildman–Crippen MR) is 144 cm³/mol. The first kappa shape index (κ1) is 27.5.